The van der Waals surface area contributed by atoms with Crippen LogP contribution in [0.3, 0.4) is 0 Å². The zero-order valence-corrected chi connectivity index (χ0v) is 20.8. The van der Waals surface area contributed by atoms with E-state index in [2.05, 4.69) is 0 Å². The second-order valence-electron chi connectivity index (χ2n) is 8.68. The lowest BCUT2D eigenvalue weighted by Gasteiger charge is -2.33. The van der Waals surface area contributed by atoms with Crippen LogP contribution in [0.1, 0.15) is 41.4 Å². The summed E-state index contributed by atoms with van der Waals surface area (Å²) in [5.41, 5.74) is 0.936. The van der Waals surface area contributed by atoms with E-state index in [1.54, 1.807) is 72.4 Å². The first-order valence-electron chi connectivity index (χ1n) is 11.6. The van der Waals surface area contributed by atoms with Crippen LogP contribution in [-0.2, 0) is 9.47 Å². The van der Waals surface area contributed by atoms with Gasteiger partial charge in [-0.3, -0.25) is 19.2 Å². The molecule has 186 valence electrons. The van der Waals surface area contributed by atoms with Crippen molar-refractivity contribution < 1.29 is 28.7 Å². The van der Waals surface area contributed by atoms with Crippen molar-refractivity contribution in [3.05, 3.63) is 93.3 Å². The number of hydrogen-bond donors (Lipinski definition) is 0. The van der Waals surface area contributed by atoms with Crippen LogP contribution in [0, 0.1) is 0 Å². The number of ether oxygens (including phenoxy) is 2. The number of ketones is 4. The fourth-order valence-electron chi connectivity index (χ4n) is 4.60. The van der Waals surface area contributed by atoms with Crippen molar-refractivity contribution in [1.29, 1.82) is 0 Å². The van der Waals surface area contributed by atoms with Crippen LogP contribution in [0.15, 0.2) is 71.1 Å². The normalized spacial score (nSPS) is 15.3. The molecule has 0 aromatic heterocycles. The Morgan fingerprint density at radius 3 is 1.17 bits per heavy atom. The van der Waals surface area contributed by atoms with E-state index in [-0.39, 0.29) is 56.4 Å². The van der Waals surface area contributed by atoms with Gasteiger partial charge in [-0.25, -0.2) is 0 Å². The molecule has 8 heteroatoms. The highest BCUT2D eigenvalue weighted by molar-refractivity contribution is 6.36. The quantitative estimate of drug-likeness (QED) is 0.532. The first-order chi connectivity index (χ1) is 17.3. The highest BCUT2D eigenvalue weighted by atomic mass is 16.5. The third-order valence-electron chi connectivity index (χ3n) is 6.47. The molecule has 36 heavy (non-hydrogen) atoms. The molecule has 0 saturated carbocycles. The topological polar surface area (TPSA) is 93.2 Å². The van der Waals surface area contributed by atoms with Gasteiger partial charge in [0.05, 0.1) is 35.8 Å². The molecule has 0 N–H and O–H groups in total. The Balaban J connectivity index is 2.05. The molecular weight excluding hydrogens is 460 g/mol. The third-order valence-corrected chi connectivity index (χ3v) is 6.47. The van der Waals surface area contributed by atoms with Gasteiger partial charge in [-0.2, -0.15) is 0 Å². The number of allylic oxidation sites excluding steroid dienone is 4. The lowest BCUT2D eigenvalue weighted by Crippen LogP contribution is -2.39. The summed E-state index contributed by atoms with van der Waals surface area (Å²) in [4.78, 5) is 58.7. The number of carbonyl (C=O) groups is 4. The maximum Gasteiger partial charge on any atom is 0.210 e. The maximum atomic E-state index is 14.0. The highest BCUT2D eigenvalue weighted by Gasteiger charge is 2.43. The van der Waals surface area contributed by atoms with Crippen molar-refractivity contribution in [3.8, 4) is 0 Å². The van der Waals surface area contributed by atoms with Crippen LogP contribution in [0.4, 0.5) is 0 Å². The van der Waals surface area contributed by atoms with Crippen molar-refractivity contribution in [1.82, 2.24) is 9.80 Å². The van der Waals surface area contributed by atoms with Crippen LogP contribution in [-0.4, -0.2) is 87.6 Å². The van der Waals surface area contributed by atoms with Gasteiger partial charge in [0.25, 0.3) is 0 Å². The summed E-state index contributed by atoms with van der Waals surface area (Å²) in [6, 6.07) is 13.1. The first-order valence-corrected chi connectivity index (χ1v) is 11.6. The Hall–Kier alpha value is -3.88. The van der Waals surface area contributed by atoms with E-state index in [1.807, 2.05) is 0 Å². The lowest BCUT2D eigenvalue weighted by atomic mass is 9.76. The minimum Gasteiger partial charge on any atom is -0.383 e. The number of Topliss-reactive ketones (excluding diaryl/α,β-unsaturated/α-hetero) is 4. The molecule has 0 radical (unpaired) electrons. The van der Waals surface area contributed by atoms with Crippen molar-refractivity contribution in [3.63, 3.8) is 0 Å². The Kier molecular flexibility index (Phi) is 7.28. The van der Waals surface area contributed by atoms with Gasteiger partial charge in [0.2, 0.25) is 11.6 Å². The van der Waals surface area contributed by atoms with Gasteiger partial charge in [0, 0.05) is 63.7 Å². The van der Waals surface area contributed by atoms with Gasteiger partial charge in [0.15, 0.2) is 11.6 Å². The van der Waals surface area contributed by atoms with Crippen molar-refractivity contribution >= 4 is 23.1 Å². The molecule has 0 bridgehead atoms. The molecule has 0 unspecified atom stereocenters. The predicted molar refractivity (Wildman–Crippen MR) is 133 cm³/mol. The maximum absolute atomic E-state index is 14.0. The van der Waals surface area contributed by atoms with E-state index < -0.39 is 11.6 Å². The average Bonchev–Trinajstić information content (AvgIpc) is 2.90. The number of likely N-dealkylation sites (N-methyl/N-ethyl adjacent to an activating group) is 2. The molecule has 0 aliphatic heterocycles. The summed E-state index contributed by atoms with van der Waals surface area (Å²) < 4.78 is 10.4. The van der Waals surface area contributed by atoms with E-state index in [9.17, 15) is 19.2 Å². The fourth-order valence-corrected chi connectivity index (χ4v) is 4.60. The monoisotopic (exact) mass is 488 g/mol. The molecule has 0 amide bonds. The summed E-state index contributed by atoms with van der Waals surface area (Å²) in [6.07, 6.45) is 0. The molecular formula is C28H28N2O6. The first kappa shape index (κ1) is 25.2. The Labute approximate surface area is 209 Å². The standard InChI is InChI=1S/C28H28N2O6/c1-29(13-15-35-3)23-21(25(31)17-9-5-7-11-19(17)27(23)33)22-24(30(2)14-16-36-4)28(34)20-12-8-6-10-18(20)26(22)32/h5-12H,13-16H2,1-4H3. The molecule has 0 spiro atoms. The van der Waals surface area contributed by atoms with Crippen LogP contribution in [0.5, 0.6) is 0 Å². The molecule has 8 nitrogen and oxygen atoms in total. The van der Waals surface area contributed by atoms with Crippen molar-refractivity contribution in [2.75, 3.05) is 54.6 Å². The van der Waals surface area contributed by atoms with Crippen LogP contribution in [0.25, 0.3) is 0 Å². The van der Waals surface area contributed by atoms with Crippen LogP contribution < -0.4 is 0 Å². The molecule has 0 saturated heterocycles. The van der Waals surface area contributed by atoms with Gasteiger partial charge in [-0.1, -0.05) is 48.5 Å². The summed E-state index contributed by atoms with van der Waals surface area (Å²) in [5, 5.41) is 0. The minimum atomic E-state index is -0.474. The number of nitrogens with zero attached hydrogens (tertiary/aromatic N) is 2. The fraction of sp³-hybridized carbons (Fsp3) is 0.286. The van der Waals surface area contributed by atoms with E-state index in [0.29, 0.717) is 26.3 Å². The summed E-state index contributed by atoms with van der Waals surface area (Å²) in [6.45, 7) is 1.20. The number of methoxy groups -OCH3 is 2. The molecule has 4 rings (SSSR count). The number of rotatable bonds is 9. The van der Waals surface area contributed by atoms with Crippen LogP contribution >= 0.6 is 0 Å². The van der Waals surface area contributed by atoms with Gasteiger partial charge < -0.3 is 19.3 Å². The largest absolute Gasteiger partial charge is 0.383 e. The Bertz CT molecular complexity index is 1220. The van der Waals surface area contributed by atoms with Gasteiger partial charge in [-0.15, -0.1) is 0 Å². The Morgan fingerprint density at radius 2 is 0.861 bits per heavy atom. The molecule has 2 aliphatic rings. The zero-order chi connectivity index (χ0) is 26.0. The smallest absolute Gasteiger partial charge is 0.210 e. The molecule has 0 heterocycles. The second-order valence-corrected chi connectivity index (χ2v) is 8.68. The number of hydrogen-bond acceptors (Lipinski definition) is 8. The van der Waals surface area contributed by atoms with Gasteiger partial charge >= 0.3 is 0 Å². The van der Waals surface area contributed by atoms with Crippen molar-refractivity contribution in [2.45, 2.75) is 0 Å². The van der Waals surface area contributed by atoms with E-state index >= 15 is 0 Å². The average molecular weight is 489 g/mol. The summed E-state index contributed by atoms with van der Waals surface area (Å²) >= 11 is 0. The Morgan fingerprint density at radius 1 is 0.556 bits per heavy atom. The summed E-state index contributed by atoms with van der Waals surface area (Å²) in [7, 11) is 6.42. The van der Waals surface area contributed by atoms with Gasteiger partial charge in [-0.05, 0) is 0 Å². The van der Waals surface area contributed by atoms with E-state index in [1.165, 1.54) is 14.2 Å². The van der Waals surface area contributed by atoms with Gasteiger partial charge in [0.1, 0.15) is 0 Å². The molecule has 0 fully saturated rings. The molecule has 2 aromatic carbocycles. The number of fused-ring (bicyclic) bond motifs is 2. The van der Waals surface area contributed by atoms with Crippen molar-refractivity contribution in [2.24, 2.45) is 0 Å². The second kappa shape index (κ2) is 10.4. The van der Waals surface area contributed by atoms with E-state index in [0.717, 1.165) is 0 Å². The molecule has 2 aliphatic carbocycles. The predicted octanol–water partition coefficient (Wildman–Crippen LogP) is 2.81. The molecule has 0 atom stereocenters. The number of carbonyl (C=O) groups excluding carboxylic acids is 4. The third kappa shape index (κ3) is 4.19. The number of benzene rings is 2. The van der Waals surface area contributed by atoms with E-state index in [4.69, 9.17) is 9.47 Å². The lowest BCUT2D eigenvalue weighted by molar-refractivity contribution is 0.0913. The molecule has 2 aromatic rings. The minimum absolute atomic E-state index is 0.0653. The summed E-state index contributed by atoms with van der Waals surface area (Å²) in [5.74, 6) is -1.72. The SMILES string of the molecule is COCCN(C)C1=C(C2=C(N(C)CCOC)C(=O)c3ccccc3C2=O)C(=O)c2ccccc2C1=O. The van der Waals surface area contributed by atoms with Crippen LogP contribution in [0.2, 0.25) is 0 Å². The highest BCUT2D eigenvalue weighted by Crippen LogP contribution is 2.38. The zero-order valence-electron chi connectivity index (χ0n) is 20.8.